The Hall–Kier alpha value is -3.18. The Labute approximate surface area is 168 Å². The molecule has 0 aliphatic carbocycles. The highest BCUT2D eigenvalue weighted by Crippen LogP contribution is 2.36. The normalized spacial score (nSPS) is 10.9. The second-order valence-electron chi connectivity index (χ2n) is 5.98. The first kappa shape index (κ1) is 19.6. The highest BCUT2D eigenvalue weighted by Gasteiger charge is 2.11. The van der Waals surface area contributed by atoms with Crippen LogP contribution in [0.1, 0.15) is 5.56 Å². The van der Waals surface area contributed by atoms with Crippen molar-refractivity contribution in [3.05, 3.63) is 65.2 Å². The predicted octanol–water partition coefficient (Wildman–Crippen LogP) is 5.17. The molecule has 3 aromatic carbocycles. The molecular weight excluding hydrogens is 378 g/mol. The maximum Gasteiger partial charge on any atom is 0.248 e. The monoisotopic (exact) mass is 397 g/mol. The fourth-order valence-corrected chi connectivity index (χ4v) is 2.97. The second kappa shape index (κ2) is 8.67. The summed E-state index contributed by atoms with van der Waals surface area (Å²) in [5.41, 5.74) is 1.35. The molecule has 0 aromatic heterocycles. The molecule has 1 amide bonds. The lowest BCUT2D eigenvalue weighted by molar-refractivity contribution is -0.111. The van der Waals surface area contributed by atoms with E-state index >= 15 is 0 Å². The Kier molecular flexibility index (Phi) is 6.06. The molecule has 0 spiro atoms. The van der Waals surface area contributed by atoms with Gasteiger partial charge in [0.1, 0.15) is 5.75 Å². The number of benzene rings is 3. The average molecular weight is 398 g/mol. The average Bonchev–Trinajstić information content (AvgIpc) is 2.72. The zero-order valence-electron chi connectivity index (χ0n) is 15.8. The van der Waals surface area contributed by atoms with Gasteiger partial charge in [-0.1, -0.05) is 29.8 Å². The number of fused-ring (bicyclic) bond motifs is 1. The van der Waals surface area contributed by atoms with Crippen LogP contribution >= 0.6 is 11.6 Å². The van der Waals surface area contributed by atoms with Gasteiger partial charge in [-0.25, -0.2) is 0 Å². The van der Waals surface area contributed by atoms with Crippen LogP contribution in [-0.4, -0.2) is 27.2 Å². The maximum atomic E-state index is 12.3. The molecule has 0 aliphatic rings. The molecule has 0 unspecified atom stereocenters. The maximum absolute atomic E-state index is 12.3. The summed E-state index contributed by atoms with van der Waals surface area (Å²) >= 11 is 6.20. The van der Waals surface area contributed by atoms with Gasteiger partial charge in [0.2, 0.25) is 5.91 Å². The summed E-state index contributed by atoms with van der Waals surface area (Å²) in [6.45, 7) is 0. The van der Waals surface area contributed by atoms with Gasteiger partial charge >= 0.3 is 0 Å². The molecule has 144 valence electrons. The zero-order chi connectivity index (χ0) is 20.1. The number of rotatable bonds is 6. The fraction of sp³-hybridized carbons (Fsp3) is 0.136. The summed E-state index contributed by atoms with van der Waals surface area (Å²) in [4.78, 5) is 12.3. The van der Waals surface area contributed by atoms with Crippen LogP contribution < -0.4 is 19.5 Å². The molecule has 6 heteroatoms. The van der Waals surface area contributed by atoms with Crippen LogP contribution in [0.15, 0.2) is 54.6 Å². The van der Waals surface area contributed by atoms with Gasteiger partial charge in [-0.15, -0.1) is 0 Å². The summed E-state index contributed by atoms with van der Waals surface area (Å²) in [5, 5.41) is 5.24. The van der Waals surface area contributed by atoms with E-state index in [1.165, 1.54) is 20.3 Å². The van der Waals surface area contributed by atoms with Crippen molar-refractivity contribution in [3.8, 4) is 17.2 Å². The Balaban J connectivity index is 1.76. The number of methoxy groups -OCH3 is 3. The quantitative estimate of drug-likeness (QED) is 0.583. The summed E-state index contributed by atoms with van der Waals surface area (Å²) in [7, 11) is 4.68. The van der Waals surface area contributed by atoms with Crippen LogP contribution in [0.3, 0.4) is 0 Å². The number of anilines is 1. The third-order valence-corrected chi connectivity index (χ3v) is 4.54. The first-order valence-electron chi connectivity index (χ1n) is 8.52. The van der Waals surface area contributed by atoms with Gasteiger partial charge in [-0.2, -0.15) is 0 Å². The van der Waals surface area contributed by atoms with Crippen LogP contribution in [0.4, 0.5) is 5.69 Å². The number of halogens is 1. The third kappa shape index (κ3) is 4.38. The lowest BCUT2D eigenvalue weighted by Gasteiger charge is -2.11. The van der Waals surface area contributed by atoms with Gasteiger partial charge in [0.05, 0.1) is 32.0 Å². The summed E-state index contributed by atoms with van der Waals surface area (Å²) in [6, 6.07) is 15.0. The minimum absolute atomic E-state index is 0.302. The van der Waals surface area contributed by atoms with Crippen LogP contribution in [0.25, 0.3) is 16.8 Å². The van der Waals surface area contributed by atoms with Crippen molar-refractivity contribution in [1.29, 1.82) is 0 Å². The van der Waals surface area contributed by atoms with Crippen molar-refractivity contribution in [2.24, 2.45) is 0 Å². The van der Waals surface area contributed by atoms with E-state index in [4.69, 9.17) is 25.8 Å². The predicted molar refractivity (Wildman–Crippen MR) is 113 cm³/mol. The molecule has 3 aromatic rings. The number of ether oxygens (including phenoxy) is 3. The number of carbonyl (C=O) groups is 1. The molecular formula is C22H20ClNO4. The molecule has 0 radical (unpaired) electrons. The summed E-state index contributed by atoms with van der Waals surface area (Å²) in [6.07, 6.45) is 3.20. The van der Waals surface area contributed by atoms with E-state index in [9.17, 15) is 4.79 Å². The van der Waals surface area contributed by atoms with E-state index in [0.717, 1.165) is 22.1 Å². The van der Waals surface area contributed by atoms with E-state index in [1.807, 2.05) is 36.4 Å². The van der Waals surface area contributed by atoms with Gasteiger partial charge in [0.25, 0.3) is 0 Å². The topological polar surface area (TPSA) is 56.8 Å². The van der Waals surface area contributed by atoms with Crippen molar-refractivity contribution in [2.75, 3.05) is 26.6 Å². The van der Waals surface area contributed by atoms with Gasteiger partial charge < -0.3 is 19.5 Å². The molecule has 3 rings (SSSR count). The van der Waals surface area contributed by atoms with Gasteiger partial charge in [0.15, 0.2) is 11.5 Å². The number of amides is 1. The Morgan fingerprint density at radius 1 is 0.893 bits per heavy atom. The Morgan fingerprint density at radius 3 is 2.29 bits per heavy atom. The summed E-state index contributed by atoms with van der Waals surface area (Å²) < 4.78 is 15.7. The fourth-order valence-electron chi connectivity index (χ4n) is 2.77. The van der Waals surface area contributed by atoms with E-state index in [2.05, 4.69) is 5.32 Å². The van der Waals surface area contributed by atoms with Gasteiger partial charge in [0, 0.05) is 18.2 Å². The number of hydrogen-bond acceptors (Lipinski definition) is 4. The smallest absolute Gasteiger partial charge is 0.248 e. The largest absolute Gasteiger partial charge is 0.497 e. The van der Waals surface area contributed by atoms with Crippen molar-refractivity contribution < 1.29 is 19.0 Å². The molecule has 1 N–H and O–H groups in total. The molecule has 5 nitrogen and oxygen atoms in total. The zero-order valence-corrected chi connectivity index (χ0v) is 16.5. The van der Waals surface area contributed by atoms with E-state index in [0.29, 0.717) is 22.2 Å². The molecule has 0 bridgehead atoms. The number of nitrogens with one attached hydrogen (secondary N) is 1. The SMILES string of the molecule is COc1ccc2cc(/C=C/C(=O)Nc3cc(OC)c(OC)cc3Cl)ccc2c1. The third-order valence-electron chi connectivity index (χ3n) is 4.23. The molecule has 28 heavy (non-hydrogen) atoms. The standard InChI is InChI=1S/C22H20ClNO4/c1-26-17-8-7-15-10-14(4-6-16(15)11-17)5-9-22(25)24-19-13-21(28-3)20(27-2)12-18(19)23/h4-13H,1-3H3,(H,24,25)/b9-5+. The highest BCUT2D eigenvalue weighted by atomic mass is 35.5. The number of hydrogen-bond donors (Lipinski definition) is 1. The second-order valence-corrected chi connectivity index (χ2v) is 6.39. The molecule has 0 saturated heterocycles. The van der Waals surface area contributed by atoms with Crippen LogP contribution in [0, 0.1) is 0 Å². The molecule has 0 saturated carbocycles. The van der Waals surface area contributed by atoms with E-state index in [-0.39, 0.29) is 5.91 Å². The van der Waals surface area contributed by atoms with Gasteiger partial charge in [-0.3, -0.25) is 4.79 Å². The molecule has 0 atom stereocenters. The van der Waals surface area contributed by atoms with Crippen molar-refractivity contribution in [2.45, 2.75) is 0 Å². The van der Waals surface area contributed by atoms with Crippen LogP contribution in [-0.2, 0) is 4.79 Å². The van der Waals surface area contributed by atoms with Crippen LogP contribution in [0.2, 0.25) is 5.02 Å². The lowest BCUT2D eigenvalue weighted by Crippen LogP contribution is -2.08. The highest BCUT2D eigenvalue weighted by molar-refractivity contribution is 6.34. The minimum atomic E-state index is -0.302. The first-order valence-corrected chi connectivity index (χ1v) is 8.90. The number of carbonyl (C=O) groups excluding carboxylic acids is 1. The Morgan fingerprint density at radius 2 is 1.57 bits per heavy atom. The lowest BCUT2D eigenvalue weighted by atomic mass is 10.1. The first-order chi connectivity index (χ1) is 13.5. The van der Waals surface area contributed by atoms with E-state index in [1.54, 1.807) is 25.3 Å². The minimum Gasteiger partial charge on any atom is -0.497 e. The molecule has 0 fully saturated rings. The van der Waals surface area contributed by atoms with Gasteiger partial charge in [-0.05, 0) is 40.6 Å². The van der Waals surface area contributed by atoms with Crippen LogP contribution in [0.5, 0.6) is 17.2 Å². The van der Waals surface area contributed by atoms with E-state index < -0.39 is 0 Å². The molecule has 0 aliphatic heterocycles. The summed E-state index contributed by atoms with van der Waals surface area (Å²) in [5.74, 6) is 1.48. The van der Waals surface area contributed by atoms with Crippen molar-refractivity contribution >= 4 is 40.0 Å². The van der Waals surface area contributed by atoms with Crippen molar-refractivity contribution in [3.63, 3.8) is 0 Å². The van der Waals surface area contributed by atoms with Crippen molar-refractivity contribution in [1.82, 2.24) is 0 Å². The Bertz CT molecular complexity index is 1050. The molecule has 0 heterocycles.